The molecular weight excluding hydrogens is 388 g/mol. The smallest absolute Gasteiger partial charge is 0.338 e. The van der Waals surface area contributed by atoms with Crippen LogP contribution in [0.2, 0.25) is 0 Å². The van der Waals surface area contributed by atoms with Crippen LogP contribution in [0.4, 0.5) is 0 Å². The van der Waals surface area contributed by atoms with Crippen LogP contribution in [0.5, 0.6) is 11.5 Å². The number of ether oxygens (including phenoxy) is 2. The van der Waals surface area contributed by atoms with E-state index in [1.54, 1.807) is 24.3 Å². The molecule has 12 heteroatoms. The minimum Gasteiger partial charge on any atom is -0.493 e. The molecule has 0 aliphatic carbocycles. The minimum absolute atomic E-state index is 0.281. The van der Waals surface area contributed by atoms with Crippen LogP contribution >= 0.6 is 0 Å². The van der Waals surface area contributed by atoms with Crippen molar-refractivity contribution in [3.63, 3.8) is 0 Å². The summed E-state index contributed by atoms with van der Waals surface area (Å²) < 4.78 is 69.5. The van der Waals surface area contributed by atoms with E-state index in [-0.39, 0.29) is 6.61 Å². The van der Waals surface area contributed by atoms with E-state index in [0.29, 0.717) is 11.5 Å². The van der Waals surface area contributed by atoms with Crippen LogP contribution in [0.15, 0.2) is 24.3 Å². The van der Waals surface area contributed by atoms with Crippen molar-refractivity contribution in [2.24, 2.45) is 0 Å². The highest BCUT2D eigenvalue weighted by Gasteiger charge is 2.26. The maximum Gasteiger partial charge on any atom is 0.338 e. The maximum absolute atomic E-state index is 11.9. The van der Waals surface area contributed by atoms with Crippen molar-refractivity contribution in [3.05, 3.63) is 24.3 Å². The van der Waals surface area contributed by atoms with Gasteiger partial charge in [-0.3, -0.25) is 4.18 Å². The fourth-order valence-electron chi connectivity index (χ4n) is 1.55. The molecule has 26 heavy (non-hydrogen) atoms. The molecule has 0 N–H and O–H groups in total. The first-order valence-electron chi connectivity index (χ1n) is 7.43. The number of rotatable bonds is 11. The summed E-state index contributed by atoms with van der Waals surface area (Å²) in [7, 11) is -1.48. The average molecular weight is 412 g/mol. The Kier molecular flexibility index (Phi) is 8.24. The highest BCUT2D eigenvalue weighted by Crippen LogP contribution is 2.26. The Labute approximate surface area is 154 Å². The molecule has 1 unspecified atom stereocenters. The highest BCUT2D eigenvalue weighted by molar-refractivity contribution is 7.84. The van der Waals surface area contributed by atoms with E-state index in [0.717, 1.165) is 8.61 Å². The molecule has 0 saturated carbocycles. The Bertz CT molecular complexity index is 778. The van der Waals surface area contributed by atoms with Gasteiger partial charge in [0.15, 0.2) is 11.5 Å². The average Bonchev–Trinajstić information content (AvgIpc) is 2.57. The van der Waals surface area contributed by atoms with Crippen LogP contribution in [-0.4, -0.2) is 80.1 Å². The lowest BCUT2D eigenvalue weighted by Crippen LogP contribution is -2.37. The largest absolute Gasteiger partial charge is 0.493 e. The van der Waals surface area contributed by atoms with Crippen LogP contribution in [-0.2, 0) is 29.0 Å². The lowest BCUT2D eigenvalue weighted by atomic mass is 10.3. The van der Waals surface area contributed by atoms with Gasteiger partial charge in [-0.25, -0.2) is 4.18 Å². The second-order valence-electron chi connectivity index (χ2n) is 5.44. The Balaban J connectivity index is 2.90. The molecular formula is C14H24N2O8S2. The third kappa shape index (κ3) is 6.70. The number of hydrogen-bond donors (Lipinski definition) is 0. The van der Waals surface area contributed by atoms with Gasteiger partial charge >= 0.3 is 20.6 Å². The number of nitrogens with zero attached hydrogens (tertiary/aromatic N) is 2. The van der Waals surface area contributed by atoms with E-state index in [4.69, 9.17) is 17.8 Å². The molecule has 10 nitrogen and oxygen atoms in total. The molecule has 0 heterocycles. The summed E-state index contributed by atoms with van der Waals surface area (Å²) in [5, 5.41) is 0. The number of methoxy groups -OCH3 is 1. The van der Waals surface area contributed by atoms with Crippen LogP contribution in [0.25, 0.3) is 0 Å². The quantitative estimate of drug-likeness (QED) is 0.503. The SMILES string of the molecule is COc1ccccc1OCC(COS(=O)(=O)N(C)C)OS(=O)(=O)N(C)C. The zero-order valence-electron chi connectivity index (χ0n) is 15.3. The topological polar surface area (TPSA) is 112 Å². The first-order chi connectivity index (χ1) is 12.0. The lowest BCUT2D eigenvalue weighted by Gasteiger charge is -2.21. The molecule has 1 aromatic rings. The highest BCUT2D eigenvalue weighted by atomic mass is 32.2. The standard InChI is InChI=1S/C14H24N2O8S2/c1-15(2)25(17,18)23-11-12(24-26(19,20)16(3)4)10-22-14-9-7-6-8-13(14)21-5/h6-9,12H,10-11H2,1-5H3. The normalized spacial score (nSPS) is 13.8. The van der Waals surface area contributed by atoms with Crippen LogP contribution < -0.4 is 9.47 Å². The predicted octanol–water partition coefficient (Wildman–Crippen LogP) is 0.0886. The van der Waals surface area contributed by atoms with Gasteiger partial charge in [0.25, 0.3) is 0 Å². The Morgan fingerprint density at radius 3 is 1.92 bits per heavy atom. The van der Waals surface area contributed by atoms with Gasteiger partial charge in [0, 0.05) is 28.2 Å². The molecule has 0 aliphatic rings. The van der Waals surface area contributed by atoms with Crippen molar-refractivity contribution in [2.75, 3.05) is 48.5 Å². The maximum atomic E-state index is 11.9. The van der Waals surface area contributed by atoms with Crippen LogP contribution in [0.3, 0.4) is 0 Å². The minimum atomic E-state index is -4.07. The molecule has 0 radical (unpaired) electrons. The molecule has 1 rings (SSSR count). The summed E-state index contributed by atoms with van der Waals surface area (Å²) in [4.78, 5) is 0. The van der Waals surface area contributed by atoms with E-state index >= 15 is 0 Å². The first-order valence-corrected chi connectivity index (χ1v) is 10.2. The molecule has 0 bridgehead atoms. The Hall–Kier alpha value is -1.44. The zero-order chi connectivity index (χ0) is 20.0. The van der Waals surface area contributed by atoms with Crippen molar-refractivity contribution < 1.29 is 34.7 Å². The van der Waals surface area contributed by atoms with E-state index in [1.807, 2.05) is 0 Å². The molecule has 0 spiro atoms. The summed E-state index contributed by atoms with van der Waals surface area (Å²) in [6.07, 6.45) is -1.21. The summed E-state index contributed by atoms with van der Waals surface area (Å²) in [5.41, 5.74) is 0. The van der Waals surface area contributed by atoms with Crippen molar-refractivity contribution in [1.82, 2.24) is 8.61 Å². The predicted molar refractivity (Wildman–Crippen MR) is 94.5 cm³/mol. The van der Waals surface area contributed by atoms with Gasteiger partial charge in [-0.2, -0.15) is 25.4 Å². The van der Waals surface area contributed by atoms with Crippen molar-refractivity contribution in [2.45, 2.75) is 6.10 Å². The van der Waals surface area contributed by atoms with Crippen molar-refractivity contribution in [1.29, 1.82) is 0 Å². The molecule has 0 fully saturated rings. The fraction of sp³-hybridized carbons (Fsp3) is 0.571. The molecule has 0 saturated heterocycles. The van der Waals surface area contributed by atoms with Gasteiger partial charge in [-0.05, 0) is 12.1 Å². The summed E-state index contributed by atoms with van der Waals surface area (Å²) in [5.74, 6) is 0.782. The molecule has 150 valence electrons. The molecule has 0 amide bonds. The molecule has 1 aromatic carbocycles. The van der Waals surface area contributed by atoms with Gasteiger partial charge in [0.1, 0.15) is 12.7 Å². The third-order valence-electron chi connectivity index (χ3n) is 3.05. The second kappa shape index (κ2) is 9.48. The Morgan fingerprint density at radius 1 is 0.885 bits per heavy atom. The fourth-order valence-corrected chi connectivity index (χ4v) is 2.71. The molecule has 0 aliphatic heterocycles. The van der Waals surface area contributed by atoms with E-state index in [9.17, 15) is 16.8 Å². The number of benzene rings is 1. The third-order valence-corrected chi connectivity index (χ3v) is 5.79. The zero-order valence-corrected chi connectivity index (χ0v) is 16.9. The second-order valence-corrected chi connectivity index (χ2v) is 9.04. The lowest BCUT2D eigenvalue weighted by molar-refractivity contribution is 0.0789. The molecule has 0 aromatic heterocycles. The van der Waals surface area contributed by atoms with E-state index < -0.39 is 33.3 Å². The first kappa shape index (κ1) is 22.6. The van der Waals surface area contributed by atoms with E-state index in [1.165, 1.54) is 35.3 Å². The molecule has 1 atom stereocenters. The number of hydrogen-bond acceptors (Lipinski definition) is 8. The van der Waals surface area contributed by atoms with E-state index in [2.05, 4.69) is 0 Å². The van der Waals surface area contributed by atoms with Crippen molar-refractivity contribution >= 4 is 20.6 Å². The van der Waals surface area contributed by atoms with Gasteiger partial charge in [-0.15, -0.1) is 0 Å². The van der Waals surface area contributed by atoms with Gasteiger partial charge < -0.3 is 9.47 Å². The monoisotopic (exact) mass is 412 g/mol. The summed E-state index contributed by atoms with van der Waals surface area (Å²) in [6.45, 7) is -0.834. The Morgan fingerprint density at radius 2 is 1.42 bits per heavy atom. The van der Waals surface area contributed by atoms with Crippen LogP contribution in [0.1, 0.15) is 0 Å². The van der Waals surface area contributed by atoms with Gasteiger partial charge in [0.2, 0.25) is 0 Å². The summed E-state index contributed by atoms with van der Waals surface area (Å²) >= 11 is 0. The number of para-hydroxylation sites is 2. The van der Waals surface area contributed by atoms with Crippen LogP contribution in [0, 0.1) is 0 Å². The van der Waals surface area contributed by atoms with Gasteiger partial charge in [0.05, 0.1) is 13.7 Å². The van der Waals surface area contributed by atoms with Crippen molar-refractivity contribution in [3.8, 4) is 11.5 Å². The van der Waals surface area contributed by atoms with Gasteiger partial charge in [-0.1, -0.05) is 12.1 Å². The summed E-state index contributed by atoms with van der Waals surface area (Å²) in [6, 6.07) is 6.72.